The molecule has 0 aromatic heterocycles. The van der Waals surface area contributed by atoms with Crippen molar-refractivity contribution in [3.05, 3.63) is 65.7 Å². The molecule has 90 valence electrons. The van der Waals surface area contributed by atoms with Gasteiger partial charge >= 0.3 is 0 Å². The first kappa shape index (κ1) is 12.2. The molecule has 2 nitrogen and oxygen atoms in total. The summed E-state index contributed by atoms with van der Waals surface area (Å²) >= 11 is 0. The molecule has 0 radical (unpaired) electrons. The Morgan fingerprint density at radius 2 is 1.67 bits per heavy atom. The number of anilines is 1. The van der Waals surface area contributed by atoms with E-state index in [1.165, 1.54) is 11.3 Å². The van der Waals surface area contributed by atoms with Crippen LogP contribution in [0.25, 0.3) is 0 Å². The first-order valence-corrected chi connectivity index (χ1v) is 6.12. The van der Waals surface area contributed by atoms with Crippen LogP contribution in [-0.2, 0) is 6.54 Å². The Morgan fingerprint density at radius 3 is 2.22 bits per heavy atom. The average Bonchev–Trinajstić information content (AvgIpc) is 2.46. The Kier molecular flexibility index (Phi) is 3.98. The molecule has 0 saturated heterocycles. The maximum Gasteiger partial charge on any atom is 0.0991 e. The van der Waals surface area contributed by atoms with Gasteiger partial charge in [0.05, 0.1) is 11.6 Å². The van der Waals surface area contributed by atoms with E-state index in [2.05, 4.69) is 42.2 Å². The SMILES string of the molecule is CCN(Cc1ccc(C#N)cc1)c1ccccc1. The molecule has 2 rings (SSSR count). The number of nitrogens with zero attached hydrogens (tertiary/aromatic N) is 2. The van der Waals surface area contributed by atoms with Gasteiger partial charge in [-0.15, -0.1) is 0 Å². The van der Waals surface area contributed by atoms with E-state index in [0.29, 0.717) is 5.56 Å². The van der Waals surface area contributed by atoms with E-state index >= 15 is 0 Å². The maximum absolute atomic E-state index is 8.77. The van der Waals surface area contributed by atoms with E-state index in [4.69, 9.17) is 5.26 Å². The lowest BCUT2D eigenvalue weighted by molar-refractivity contribution is 0.832. The zero-order valence-electron chi connectivity index (χ0n) is 10.5. The lowest BCUT2D eigenvalue weighted by Crippen LogP contribution is -2.21. The summed E-state index contributed by atoms with van der Waals surface area (Å²) < 4.78 is 0. The molecule has 0 aliphatic rings. The predicted molar refractivity (Wildman–Crippen MR) is 74.3 cm³/mol. The monoisotopic (exact) mass is 236 g/mol. The van der Waals surface area contributed by atoms with Crippen LogP contribution in [-0.4, -0.2) is 6.54 Å². The molecule has 0 unspecified atom stereocenters. The van der Waals surface area contributed by atoms with Crippen LogP contribution in [0, 0.1) is 11.3 Å². The molecule has 0 heterocycles. The van der Waals surface area contributed by atoms with Crippen LogP contribution < -0.4 is 4.90 Å². The summed E-state index contributed by atoms with van der Waals surface area (Å²) in [7, 11) is 0. The van der Waals surface area contributed by atoms with Crippen molar-refractivity contribution in [1.29, 1.82) is 5.26 Å². The minimum atomic E-state index is 0.710. The minimum absolute atomic E-state index is 0.710. The second-order valence-electron chi connectivity index (χ2n) is 4.16. The Labute approximate surface area is 108 Å². The summed E-state index contributed by atoms with van der Waals surface area (Å²) in [5, 5.41) is 8.77. The summed E-state index contributed by atoms with van der Waals surface area (Å²) in [6.45, 7) is 3.98. The molecule has 0 aliphatic heterocycles. The predicted octanol–water partition coefficient (Wildman–Crippen LogP) is 3.58. The van der Waals surface area contributed by atoms with Gasteiger partial charge in [0.2, 0.25) is 0 Å². The second kappa shape index (κ2) is 5.88. The van der Waals surface area contributed by atoms with Crippen molar-refractivity contribution in [3.63, 3.8) is 0 Å². The standard InChI is InChI=1S/C16H16N2/c1-2-18(16-6-4-3-5-7-16)13-15-10-8-14(12-17)9-11-15/h3-11H,2,13H2,1H3. The number of hydrogen-bond acceptors (Lipinski definition) is 2. The first-order valence-electron chi connectivity index (χ1n) is 6.12. The highest BCUT2D eigenvalue weighted by Gasteiger charge is 2.04. The van der Waals surface area contributed by atoms with Gasteiger partial charge in [-0.3, -0.25) is 0 Å². The fourth-order valence-electron chi connectivity index (χ4n) is 1.93. The Bertz CT molecular complexity index is 523. The zero-order chi connectivity index (χ0) is 12.8. The highest BCUT2D eigenvalue weighted by molar-refractivity contribution is 5.46. The third kappa shape index (κ3) is 2.89. The molecule has 0 atom stereocenters. The maximum atomic E-state index is 8.77. The van der Waals surface area contributed by atoms with Crippen LogP contribution in [0.2, 0.25) is 0 Å². The highest BCUT2D eigenvalue weighted by Crippen LogP contribution is 2.16. The lowest BCUT2D eigenvalue weighted by Gasteiger charge is -2.23. The minimum Gasteiger partial charge on any atom is -0.367 e. The van der Waals surface area contributed by atoms with E-state index in [1.54, 1.807) is 0 Å². The number of rotatable bonds is 4. The van der Waals surface area contributed by atoms with Crippen LogP contribution in [0.3, 0.4) is 0 Å². The molecule has 0 N–H and O–H groups in total. The fraction of sp³-hybridized carbons (Fsp3) is 0.188. The molecular weight excluding hydrogens is 220 g/mol. The lowest BCUT2D eigenvalue weighted by atomic mass is 10.1. The van der Waals surface area contributed by atoms with Crippen molar-refractivity contribution in [2.75, 3.05) is 11.4 Å². The molecule has 2 aromatic rings. The van der Waals surface area contributed by atoms with Crippen molar-refractivity contribution in [2.45, 2.75) is 13.5 Å². The van der Waals surface area contributed by atoms with E-state index < -0.39 is 0 Å². The molecule has 18 heavy (non-hydrogen) atoms. The highest BCUT2D eigenvalue weighted by atomic mass is 15.1. The van der Waals surface area contributed by atoms with E-state index in [0.717, 1.165) is 13.1 Å². The van der Waals surface area contributed by atoms with Gasteiger partial charge in [0.25, 0.3) is 0 Å². The average molecular weight is 236 g/mol. The normalized spacial score (nSPS) is 9.78. The quantitative estimate of drug-likeness (QED) is 0.811. The Hall–Kier alpha value is -2.27. The molecule has 2 aromatic carbocycles. The van der Waals surface area contributed by atoms with Gasteiger partial charge in [-0.25, -0.2) is 0 Å². The van der Waals surface area contributed by atoms with Crippen molar-refractivity contribution >= 4 is 5.69 Å². The van der Waals surface area contributed by atoms with Crippen molar-refractivity contribution in [2.24, 2.45) is 0 Å². The third-order valence-corrected chi connectivity index (χ3v) is 2.96. The topological polar surface area (TPSA) is 27.0 Å². The van der Waals surface area contributed by atoms with Crippen LogP contribution in [0.5, 0.6) is 0 Å². The van der Waals surface area contributed by atoms with Gasteiger partial charge in [-0.1, -0.05) is 30.3 Å². The van der Waals surface area contributed by atoms with Gasteiger partial charge in [-0.05, 0) is 36.8 Å². The fourth-order valence-corrected chi connectivity index (χ4v) is 1.93. The van der Waals surface area contributed by atoms with Crippen LogP contribution in [0.1, 0.15) is 18.1 Å². The molecule has 0 amide bonds. The third-order valence-electron chi connectivity index (χ3n) is 2.96. The van der Waals surface area contributed by atoms with Crippen molar-refractivity contribution < 1.29 is 0 Å². The molecule has 2 heteroatoms. The summed E-state index contributed by atoms with van der Waals surface area (Å²) in [5.74, 6) is 0. The molecule has 0 bridgehead atoms. The molecule has 0 spiro atoms. The van der Waals surface area contributed by atoms with E-state index in [1.807, 2.05) is 30.3 Å². The number of para-hydroxylation sites is 1. The molecular formula is C16H16N2. The number of hydrogen-bond donors (Lipinski definition) is 0. The van der Waals surface area contributed by atoms with Crippen LogP contribution in [0.4, 0.5) is 5.69 Å². The van der Waals surface area contributed by atoms with Crippen molar-refractivity contribution in [1.82, 2.24) is 0 Å². The number of benzene rings is 2. The summed E-state index contributed by atoms with van der Waals surface area (Å²) in [4.78, 5) is 2.31. The summed E-state index contributed by atoms with van der Waals surface area (Å²) in [6, 6.07) is 20.3. The molecule has 0 aliphatic carbocycles. The van der Waals surface area contributed by atoms with E-state index in [-0.39, 0.29) is 0 Å². The smallest absolute Gasteiger partial charge is 0.0991 e. The second-order valence-corrected chi connectivity index (χ2v) is 4.16. The molecule has 0 saturated carbocycles. The van der Waals surface area contributed by atoms with Crippen molar-refractivity contribution in [3.8, 4) is 6.07 Å². The summed E-state index contributed by atoms with van der Waals surface area (Å²) in [6.07, 6.45) is 0. The van der Waals surface area contributed by atoms with Gasteiger partial charge in [0, 0.05) is 18.8 Å². The Morgan fingerprint density at radius 1 is 1.00 bits per heavy atom. The van der Waals surface area contributed by atoms with Gasteiger partial charge in [0.1, 0.15) is 0 Å². The summed E-state index contributed by atoms with van der Waals surface area (Å²) in [5.41, 5.74) is 3.16. The van der Waals surface area contributed by atoms with Crippen LogP contribution >= 0.6 is 0 Å². The molecule has 0 fully saturated rings. The van der Waals surface area contributed by atoms with Crippen LogP contribution in [0.15, 0.2) is 54.6 Å². The number of nitriles is 1. The Balaban J connectivity index is 2.13. The first-order chi connectivity index (χ1) is 8.83. The largest absolute Gasteiger partial charge is 0.367 e. The van der Waals surface area contributed by atoms with E-state index in [9.17, 15) is 0 Å². The van der Waals surface area contributed by atoms with Gasteiger partial charge in [-0.2, -0.15) is 5.26 Å². The zero-order valence-corrected chi connectivity index (χ0v) is 10.5. The van der Waals surface area contributed by atoms with Gasteiger partial charge < -0.3 is 4.90 Å². The van der Waals surface area contributed by atoms with Gasteiger partial charge in [0.15, 0.2) is 0 Å².